The maximum Gasteiger partial charge on any atom is 0.339 e. The van der Waals surface area contributed by atoms with Gasteiger partial charge >= 0.3 is 11.9 Å². The quantitative estimate of drug-likeness (QED) is 0.298. The van der Waals surface area contributed by atoms with Crippen LogP contribution < -0.4 is 0 Å². The van der Waals surface area contributed by atoms with Crippen molar-refractivity contribution in [1.29, 1.82) is 0 Å². The second kappa shape index (κ2) is 12.8. The van der Waals surface area contributed by atoms with Crippen LogP contribution in [0.2, 0.25) is 5.02 Å². The largest absolute Gasteiger partial charge is 0.458 e. The standard InChI is InChI=1S/C28H45ClO4/c1-10-13-15-23(27(4,5)6)32-25(30)20-17-19(12-3)22(29)18-21(20)26(31)33-24(16-14-11-2)28(7,8)9/h17-18,23-24H,10-16H2,1-9H3. The van der Waals surface area contributed by atoms with Gasteiger partial charge in [-0.2, -0.15) is 0 Å². The van der Waals surface area contributed by atoms with E-state index < -0.39 is 11.9 Å². The van der Waals surface area contributed by atoms with Gasteiger partial charge in [0.25, 0.3) is 0 Å². The zero-order chi connectivity index (χ0) is 25.4. The van der Waals surface area contributed by atoms with E-state index in [1.54, 1.807) is 12.1 Å². The highest BCUT2D eigenvalue weighted by molar-refractivity contribution is 6.32. The Hall–Kier alpha value is -1.55. The van der Waals surface area contributed by atoms with Gasteiger partial charge in [-0.15, -0.1) is 0 Å². The van der Waals surface area contributed by atoms with E-state index in [4.69, 9.17) is 21.1 Å². The summed E-state index contributed by atoms with van der Waals surface area (Å²) in [4.78, 5) is 26.7. The van der Waals surface area contributed by atoms with Crippen LogP contribution in [0.5, 0.6) is 0 Å². The molecule has 188 valence electrons. The molecule has 0 aliphatic carbocycles. The van der Waals surface area contributed by atoms with E-state index in [9.17, 15) is 9.59 Å². The molecule has 0 N–H and O–H groups in total. The van der Waals surface area contributed by atoms with Crippen molar-refractivity contribution >= 4 is 23.5 Å². The highest BCUT2D eigenvalue weighted by Crippen LogP contribution is 2.31. The summed E-state index contributed by atoms with van der Waals surface area (Å²) in [6.07, 6.45) is 5.66. The minimum absolute atomic E-state index is 0.177. The van der Waals surface area contributed by atoms with Crippen LogP contribution in [0.15, 0.2) is 12.1 Å². The van der Waals surface area contributed by atoms with E-state index in [-0.39, 0.29) is 34.2 Å². The zero-order valence-corrected chi connectivity index (χ0v) is 23.0. The van der Waals surface area contributed by atoms with Crippen molar-refractivity contribution in [1.82, 2.24) is 0 Å². The van der Waals surface area contributed by atoms with Gasteiger partial charge in [0.15, 0.2) is 0 Å². The molecule has 0 heterocycles. The summed E-state index contributed by atoms with van der Waals surface area (Å²) < 4.78 is 11.9. The van der Waals surface area contributed by atoms with Crippen LogP contribution >= 0.6 is 11.6 Å². The third kappa shape index (κ3) is 8.96. The fraction of sp³-hybridized carbons (Fsp3) is 0.714. The normalized spacial score (nSPS) is 14.0. The molecule has 0 aliphatic rings. The summed E-state index contributed by atoms with van der Waals surface area (Å²) >= 11 is 6.45. The van der Waals surface area contributed by atoms with Crippen LogP contribution in [0.1, 0.15) is 127 Å². The molecule has 0 saturated heterocycles. The number of carbonyl (C=O) groups excluding carboxylic acids is 2. The monoisotopic (exact) mass is 480 g/mol. The summed E-state index contributed by atoms with van der Waals surface area (Å²) in [5, 5.41) is 0.459. The molecule has 0 radical (unpaired) electrons. The Morgan fingerprint density at radius 1 is 0.788 bits per heavy atom. The second-order valence-electron chi connectivity index (χ2n) is 11.1. The first-order valence-corrected chi connectivity index (χ1v) is 12.9. The molecule has 0 saturated carbocycles. The van der Waals surface area contributed by atoms with Gasteiger partial charge in [0.1, 0.15) is 12.2 Å². The lowest BCUT2D eigenvalue weighted by Crippen LogP contribution is -2.33. The average Bonchev–Trinajstić information content (AvgIpc) is 2.71. The number of aryl methyl sites for hydroxylation is 1. The van der Waals surface area contributed by atoms with Crippen LogP contribution in [0.3, 0.4) is 0 Å². The highest BCUT2D eigenvalue weighted by Gasteiger charge is 2.33. The third-order valence-electron chi connectivity index (χ3n) is 6.08. The van der Waals surface area contributed by atoms with Crippen molar-refractivity contribution in [3.63, 3.8) is 0 Å². The molecule has 1 aromatic carbocycles. The Balaban J connectivity index is 3.35. The first-order valence-electron chi connectivity index (χ1n) is 12.5. The van der Waals surface area contributed by atoms with Crippen molar-refractivity contribution in [2.75, 3.05) is 0 Å². The summed E-state index contributed by atoms with van der Waals surface area (Å²) in [5.41, 5.74) is 0.796. The molecule has 0 aliphatic heterocycles. The van der Waals surface area contributed by atoms with Crippen molar-refractivity contribution < 1.29 is 19.1 Å². The molecule has 1 rings (SSSR count). The van der Waals surface area contributed by atoms with Gasteiger partial charge in [-0.25, -0.2) is 9.59 Å². The molecule has 0 fully saturated rings. The average molecular weight is 481 g/mol. The topological polar surface area (TPSA) is 52.6 Å². The molecule has 5 heteroatoms. The lowest BCUT2D eigenvalue weighted by Gasteiger charge is -2.31. The molecule has 0 bridgehead atoms. The van der Waals surface area contributed by atoms with E-state index >= 15 is 0 Å². The van der Waals surface area contributed by atoms with Crippen molar-refractivity contribution in [2.24, 2.45) is 10.8 Å². The van der Waals surface area contributed by atoms with Gasteiger partial charge in [-0.3, -0.25) is 0 Å². The van der Waals surface area contributed by atoms with Gasteiger partial charge in [0, 0.05) is 5.02 Å². The molecule has 2 unspecified atom stereocenters. The Morgan fingerprint density at radius 3 is 1.52 bits per heavy atom. The fourth-order valence-electron chi connectivity index (χ4n) is 3.73. The molecule has 0 aromatic heterocycles. The van der Waals surface area contributed by atoms with Crippen LogP contribution in [-0.4, -0.2) is 24.1 Å². The van der Waals surface area contributed by atoms with Gasteiger partial charge < -0.3 is 9.47 Å². The van der Waals surface area contributed by atoms with Crippen LogP contribution in [0.4, 0.5) is 0 Å². The highest BCUT2D eigenvalue weighted by atomic mass is 35.5. The molecule has 0 spiro atoms. The SMILES string of the molecule is CCCCC(OC(=O)c1cc(Cl)c(CC)cc1C(=O)OC(CCCC)C(C)(C)C)C(C)(C)C. The number of halogens is 1. The van der Waals surface area contributed by atoms with Gasteiger partial charge in [0.2, 0.25) is 0 Å². The number of rotatable bonds is 11. The first-order chi connectivity index (χ1) is 15.3. The number of benzene rings is 1. The number of unbranched alkanes of at least 4 members (excludes halogenated alkanes) is 2. The van der Waals surface area contributed by atoms with Gasteiger partial charge in [-0.1, -0.05) is 99.6 Å². The van der Waals surface area contributed by atoms with Crippen LogP contribution in [0, 0.1) is 10.8 Å². The lowest BCUT2D eigenvalue weighted by molar-refractivity contribution is -0.0106. The zero-order valence-electron chi connectivity index (χ0n) is 22.3. The smallest absolute Gasteiger partial charge is 0.339 e. The maximum atomic E-state index is 13.4. The van der Waals surface area contributed by atoms with E-state index in [1.165, 1.54) is 0 Å². The van der Waals surface area contributed by atoms with Crippen molar-refractivity contribution in [3.05, 3.63) is 33.8 Å². The number of esters is 2. The van der Waals surface area contributed by atoms with E-state index in [2.05, 4.69) is 55.4 Å². The fourth-order valence-corrected chi connectivity index (χ4v) is 4.03. The van der Waals surface area contributed by atoms with Crippen LogP contribution in [0.25, 0.3) is 0 Å². The van der Waals surface area contributed by atoms with Gasteiger partial charge in [-0.05, 0) is 47.8 Å². The first kappa shape index (κ1) is 29.5. The number of ether oxygens (including phenoxy) is 2. The molecule has 0 amide bonds. The maximum absolute atomic E-state index is 13.4. The lowest BCUT2D eigenvalue weighted by atomic mass is 9.85. The molecule has 33 heavy (non-hydrogen) atoms. The van der Waals surface area contributed by atoms with Gasteiger partial charge in [0.05, 0.1) is 11.1 Å². The van der Waals surface area contributed by atoms with E-state index in [0.717, 1.165) is 44.1 Å². The number of hydrogen-bond donors (Lipinski definition) is 0. The molecule has 4 nitrogen and oxygen atoms in total. The molecule has 2 atom stereocenters. The third-order valence-corrected chi connectivity index (χ3v) is 6.43. The van der Waals surface area contributed by atoms with E-state index in [1.807, 2.05) is 6.92 Å². The molecule has 1 aromatic rings. The second-order valence-corrected chi connectivity index (χ2v) is 11.6. The minimum Gasteiger partial charge on any atom is -0.458 e. The van der Waals surface area contributed by atoms with E-state index in [0.29, 0.717) is 11.4 Å². The Bertz CT molecular complexity index is 786. The van der Waals surface area contributed by atoms with Crippen molar-refractivity contribution in [3.8, 4) is 0 Å². The predicted octanol–water partition coefficient (Wildman–Crippen LogP) is 8.43. The summed E-state index contributed by atoms with van der Waals surface area (Å²) in [5.74, 6) is -1.02. The summed E-state index contributed by atoms with van der Waals surface area (Å²) in [6, 6.07) is 3.26. The van der Waals surface area contributed by atoms with Crippen molar-refractivity contribution in [2.45, 2.75) is 119 Å². The number of carbonyl (C=O) groups is 2. The Labute approximate surface area is 206 Å². The summed E-state index contributed by atoms with van der Waals surface area (Å²) in [7, 11) is 0. The summed E-state index contributed by atoms with van der Waals surface area (Å²) in [6.45, 7) is 18.6. The predicted molar refractivity (Wildman–Crippen MR) is 137 cm³/mol. The molecular formula is C28H45ClO4. The Kier molecular flexibility index (Phi) is 11.4. The molecular weight excluding hydrogens is 436 g/mol. The number of hydrogen-bond acceptors (Lipinski definition) is 4. The Morgan fingerprint density at radius 2 is 1.18 bits per heavy atom. The minimum atomic E-state index is -0.525. The van der Waals surface area contributed by atoms with Crippen LogP contribution in [-0.2, 0) is 15.9 Å².